The van der Waals surface area contributed by atoms with Crippen molar-refractivity contribution in [1.29, 1.82) is 0 Å². The normalized spacial score (nSPS) is 15.6. The maximum atomic E-state index is 12.7. The Morgan fingerprint density at radius 2 is 1.89 bits per heavy atom. The van der Waals surface area contributed by atoms with Crippen molar-refractivity contribution in [3.63, 3.8) is 0 Å². The molecular weight excluding hydrogens is 366 g/mol. The number of fused-ring (bicyclic) bond motifs is 2. The SMILES string of the molecule is O=c1[nH]c2ccc(Cl)cc2c(=O)n1C[C@H](O)CN1CCc2ccccc2C1. The second-order valence-electron chi connectivity index (χ2n) is 6.94. The summed E-state index contributed by atoms with van der Waals surface area (Å²) in [5.41, 5.74) is 2.05. The summed E-state index contributed by atoms with van der Waals surface area (Å²) in [6.07, 6.45) is 0.100. The van der Waals surface area contributed by atoms with Crippen LogP contribution in [0.3, 0.4) is 0 Å². The fourth-order valence-electron chi connectivity index (χ4n) is 3.67. The van der Waals surface area contributed by atoms with E-state index >= 15 is 0 Å². The molecule has 0 fully saturated rings. The van der Waals surface area contributed by atoms with E-state index in [0.717, 1.165) is 24.1 Å². The highest BCUT2D eigenvalue weighted by Crippen LogP contribution is 2.18. The fraction of sp³-hybridized carbons (Fsp3) is 0.300. The molecule has 2 N–H and O–H groups in total. The van der Waals surface area contributed by atoms with Crippen molar-refractivity contribution < 1.29 is 5.11 Å². The van der Waals surface area contributed by atoms with Gasteiger partial charge < -0.3 is 10.1 Å². The first kappa shape index (κ1) is 18.0. The van der Waals surface area contributed by atoms with Crippen LogP contribution >= 0.6 is 11.6 Å². The number of aromatic amines is 1. The van der Waals surface area contributed by atoms with Crippen LogP contribution in [0.15, 0.2) is 52.1 Å². The second kappa shape index (κ2) is 7.31. The monoisotopic (exact) mass is 385 g/mol. The predicted molar refractivity (Wildman–Crippen MR) is 105 cm³/mol. The quantitative estimate of drug-likeness (QED) is 0.717. The Balaban J connectivity index is 1.53. The van der Waals surface area contributed by atoms with Gasteiger partial charge in [0.1, 0.15) is 0 Å². The Morgan fingerprint density at radius 1 is 1.11 bits per heavy atom. The minimum atomic E-state index is -0.828. The Morgan fingerprint density at radius 3 is 2.70 bits per heavy atom. The molecular formula is C20H20ClN3O3. The third-order valence-electron chi connectivity index (χ3n) is 5.02. The first-order valence-electron chi connectivity index (χ1n) is 8.91. The minimum Gasteiger partial charge on any atom is -0.390 e. The molecule has 0 saturated carbocycles. The highest BCUT2D eigenvalue weighted by Gasteiger charge is 2.20. The molecule has 0 bridgehead atoms. The third kappa shape index (κ3) is 3.69. The van der Waals surface area contributed by atoms with Gasteiger partial charge in [0.15, 0.2) is 0 Å². The molecule has 3 aromatic rings. The van der Waals surface area contributed by atoms with Gasteiger partial charge in [-0.3, -0.25) is 14.3 Å². The van der Waals surface area contributed by atoms with Gasteiger partial charge in [0.25, 0.3) is 5.56 Å². The van der Waals surface area contributed by atoms with E-state index in [1.807, 2.05) is 12.1 Å². The van der Waals surface area contributed by atoms with E-state index in [-0.39, 0.29) is 6.54 Å². The molecule has 0 amide bonds. The van der Waals surface area contributed by atoms with Gasteiger partial charge in [0.2, 0.25) is 0 Å². The highest BCUT2D eigenvalue weighted by molar-refractivity contribution is 6.31. The van der Waals surface area contributed by atoms with Crippen molar-refractivity contribution in [2.75, 3.05) is 13.1 Å². The summed E-state index contributed by atoms with van der Waals surface area (Å²) < 4.78 is 1.04. The molecule has 1 atom stereocenters. The zero-order chi connectivity index (χ0) is 19.0. The summed E-state index contributed by atoms with van der Waals surface area (Å²) in [4.78, 5) is 29.7. The molecule has 1 aromatic heterocycles. The van der Waals surface area contributed by atoms with Crippen molar-refractivity contribution in [1.82, 2.24) is 14.5 Å². The highest BCUT2D eigenvalue weighted by atomic mass is 35.5. The van der Waals surface area contributed by atoms with Gasteiger partial charge in [-0.1, -0.05) is 35.9 Å². The standard InChI is InChI=1S/C20H20ClN3O3/c21-15-5-6-18-17(9-15)19(26)24(20(27)22-18)12-16(25)11-23-8-7-13-3-1-2-4-14(13)10-23/h1-6,9,16,25H,7-8,10-12H2,(H,22,27)/t16-/m1/s1. The number of rotatable bonds is 4. The van der Waals surface area contributed by atoms with Gasteiger partial charge in [-0.25, -0.2) is 4.79 Å². The van der Waals surface area contributed by atoms with Gasteiger partial charge >= 0.3 is 5.69 Å². The number of benzene rings is 2. The van der Waals surface area contributed by atoms with Crippen molar-refractivity contribution in [2.24, 2.45) is 0 Å². The number of nitrogens with one attached hydrogen (secondary N) is 1. The number of nitrogens with zero attached hydrogens (tertiary/aromatic N) is 2. The van der Waals surface area contributed by atoms with Gasteiger partial charge in [-0.05, 0) is 35.7 Å². The van der Waals surface area contributed by atoms with E-state index in [1.54, 1.807) is 12.1 Å². The number of aliphatic hydroxyl groups excluding tert-OH is 1. The molecule has 6 nitrogen and oxygen atoms in total. The maximum absolute atomic E-state index is 12.7. The van der Waals surface area contributed by atoms with Crippen LogP contribution < -0.4 is 11.2 Å². The number of halogens is 1. The van der Waals surface area contributed by atoms with Crippen LogP contribution in [0.25, 0.3) is 10.9 Å². The summed E-state index contributed by atoms with van der Waals surface area (Å²) >= 11 is 5.96. The third-order valence-corrected chi connectivity index (χ3v) is 5.25. The van der Waals surface area contributed by atoms with Crippen LogP contribution in [0, 0.1) is 0 Å². The number of hydrogen-bond donors (Lipinski definition) is 2. The lowest BCUT2D eigenvalue weighted by Crippen LogP contribution is -2.43. The van der Waals surface area contributed by atoms with Crippen LogP contribution in [-0.4, -0.2) is 38.8 Å². The Hall–Kier alpha value is -2.41. The van der Waals surface area contributed by atoms with Crippen LogP contribution in [0.1, 0.15) is 11.1 Å². The second-order valence-corrected chi connectivity index (χ2v) is 7.38. The van der Waals surface area contributed by atoms with Gasteiger partial charge in [0, 0.05) is 24.7 Å². The number of H-pyrrole nitrogens is 1. The number of aliphatic hydroxyl groups is 1. The van der Waals surface area contributed by atoms with E-state index in [9.17, 15) is 14.7 Å². The van der Waals surface area contributed by atoms with Gasteiger partial charge in [0.05, 0.1) is 23.6 Å². The van der Waals surface area contributed by atoms with E-state index in [4.69, 9.17) is 11.6 Å². The summed E-state index contributed by atoms with van der Waals surface area (Å²) in [7, 11) is 0. The lowest BCUT2D eigenvalue weighted by atomic mass is 10.00. The molecule has 0 unspecified atom stereocenters. The van der Waals surface area contributed by atoms with Crippen LogP contribution in [0.5, 0.6) is 0 Å². The fourth-order valence-corrected chi connectivity index (χ4v) is 3.84. The molecule has 1 aliphatic rings. The van der Waals surface area contributed by atoms with Crippen molar-refractivity contribution >= 4 is 22.5 Å². The Labute approximate surface area is 160 Å². The molecule has 0 saturated heterocycles. The molecule has 7 heteroatoms. The molecule has 0 spiro atoms. The predicted octanol–water partition coefficient (Wildman–Crippen LogP) is 1.76. The van der Waals surface area contributed by atoms with Crippen molar-refractivity contribution in [3.05, 3.63) is 79.5 Å². The first-order valence-corrected chi connectivity index (χ1v) is 9.28. The number of β-amino-alcohol motifs (C(OH)–C–C–N with tert-alkyl or cyclic N) is 1. The molecule has 0 aliphatic carbocycles. The lowest BCUT2D eigenvalue weighted by Gasteiger charge is -2.30. The smallest absolute Gasteiger partial charge is 0.328 e. The molecule has 4 rings (SSSR count). The minimum absolute atomic E-state index is 0.0607. The summed E-state index contributed by atoms with van der Waals surface area (Å²) in [6.45, 7) is 1.93. The average molecular weight is 386 g/mol. The van der Waals surface area contributed by atoms with E-state index < -0.39 is 17.4 Å². The molecule has 2 aromatic carbocycles. The van der Waals surface area contributed by atoms with Gasteiger partial charge in [-0.15, -0.1) is 0 Å². The zero-order valence-electron chi connectivity index (χ0n) is 14.7. The first-order chi connectivity index (χ1) is 13.0. The molecule has 27 heavy (non-hydrogen) atoms. The Kier molecular flexibility index (Phi) is 4.86. The average Bonchev–Trinajstić information content (AvgIpc) is 2.66. The summed E-state index contributed by atoms with van der Waals surface area (Å²) in [5, 5.41) is 11.3. The molecule has 0 radical (unpaired) electrons. The lowest BCUT2D eigenvalue weighted by molar-refractivity contribution is 0.0900. The van der Waals surface area contributed by atoms with Crippen LogP contribution in [0.2, 0.25) is 5.02 Å². The van der Waals surface area contributed by atoms with E-state index in [2.05, 4.69) is 22.0 Å². The largest absolute Gasteiger partial charge is 0.390 e. The van der Waals surface area contributed by atoms with E-state index in [0.29, 0.717) is 22.5 Å². The molecule has 2 heterocycles. The topological polar surface area (TPSA) is 78.3 Å². The number of aromatic nitrogens is 2. The molecule has 1 aliphatic heterocycles. The van der Waals surface area contributed by atoms with E-state index in [1.165, 1.54) is 17.2 Å². The Bertz CT molecular complexity index is 1110. The zero-order valence-corrected chi connectivity index (χ0v) is 15.4. The number of hydrogen-bond acceptors (Lipinski definition) is 4. The summed E-state index contributed by atoms with van der Waals surface area (Å²) in [5.74, 6) is 0. The maximum Gasteiger partial charge on any atom is 0.328 e. The molecule has 140 valence electrons. The van der Waals surface area contributed by atoms with Crippen LogP contribution in [-0.2, 0) is 19.5 Å². The summed E-state index contributed by atoms with van der Waals surface area (Å²) in [6, 6.07) is 13.0. The van der Waals surface area contributed by atoms with Crippen LogP contribution in [0.4, 0.5) is 0 Å². The van der Waals surface area contributed by atoms with Gasteiger partial charge in [-0.2, -0.15) is 0 Å². The van der Waals surface area contributed by atoms with Crippen molar-refractivity contribution in [3.8, 4) is 0 Å². The van der Waals surface area contributed by atoms with Crippen molar-refractivity contribution in [2.45, 2.75) is 25.6 Å².